The highest BCUT2D eigenvalue weighted by Gasteiger charge is 2.22. The summed E-state index contributed by atoms with van der Waals surface area (Å²) in [5, 5.41) is 5.64. The zero-order chi connectivity index (χ0) is 24.6. The smallest absolute Gasteiger partial charge is 0.323 e. The molecule has 2 aromatic carbocycles. The van der Waals surface area contributed by atoms with Crippen molar-refractivity contribution < 1.29 is 14.0 Å². The van der Waals surface area contributed by atoms with Crippen molar-refractivity contribution in [3.8, 4) is 0 Å². The number of hydrogen-bond donors (Lipinski definition) is 3. The van der Waals surface area contributed by atoms with Crippen molar-refractivity contribution in [3.05, 3.63) is 76.5 Å². The Morgan fingerprint density at radius 3 is 2.41 bits per heavy atom. The Kier molecular flexibility index (Phi) is 6.21. The normalized spacial score (nSPS) is 11.1. The van der Waals surface area contributed by atoms with Crippen molar-refractivity contribution in [3.63, 3.8) is 0 Å². The van der Waals surface area contributed by atoms with E-state index in [1.165, 1.54) is 18.5 Å². The summed E-state index contributed by atoms with van der Waals surface area (Å²) in [5.41, 5.74) is 8.90. The molecule has 4 aromatic rings. The van der Waals surface area contributed by atoms with Gasteiger partial charge in [0.25, 0.3) is 0 Å². The molecule has 0 spiro atoms. The number of anilines is 3. The Balaban J connectivity index is 1.64. The standard InChI is InChI=1S/C24H22ClFN6O2/c1-12(2)32-10-17(20-22(27)28-11-29-23(20)32)21(33)16-8-14(5-4-13(16)3)30-24(34)31-15-6-7-19(26)18(25)9-15/h4-12H,1-3H3,(H2,27,28,29)(H2,30,31,34). The average molecular weight is 481 g/mol. The highest BCUT2D eigenvalue weighted by Crippen LogP contribution is 2.30. The molecule has 0 radical (unpaired) electrons. The van der Waals surface area contributed by atoms with Crippen molar-refractivity contribution in [2.75, 3.05) is 16.4 Å². The number of urea groups is 1. The van der Waals surface area contributed by atoms with Crippen LogP contribution in [0.4, 0.5) is 26.4 Å². The van der Waals surface area contributed by atoms with Crippen LogP contribution in [-0.2, 0) is 0 Å². The molecule has 4 rings (SSSR count). The Bertz CT molecular complexity index is 1430. The number of nitrogens with two attached hydrogens (primary N) is 1. The number of aryl methyl sites for hydroxylation is 1. The molecule has 0 saturated heterocycles. The predicted octanol–water partition coefficient (Wildman–Crippen LogP) is 5.57. The molecule has 2 aromatic heterocycles. The van der Waals surface area contributed by atoms with Crippen LogP contribution in [0.5, 0.6) is 0 Å². The Labute approximate surface area is 200 Å². The number of fused-ring (bicyclic) bond motifs is 1. The first-order chi connectivity index (χ1) is 16.2. The third kappa shape index (κ3) is 4.42. The van der Waals surface area contributed by atoms with E-state index in [-0.39, 0.29) is 22.7 Å². The van der Waals surface area contributed by atoms with E-state index in [0.29, 0.717) is 33.5 Å². The number of rotatable bonds is 5. The molecule has 0 aliphatic heterocycles. The molecule has 0 bridgehead atoms. The Morgan fingerprint density at radius 1 is 1.06 bits per heavy atom. The van der Waals surface area contributed by atoms with Gasteiger partial charge in [-0.3, -0.25) is 4.79 Å². The van der Waals surface area contributed by atoms with E-state index in [1.54, 1.807) is 31.3 Å². The summed E-state index contributed by atoms with van der Waals surface area (Å²) in [6.45, 7) is 5.77. The fourth-order valence-corrected chi connectivity index (χ4v) is 3.81. The van der Waals surface area contributed by atoms with Gasteiger partial charge in [0, 0.05) is 29.2 Å². The van der Waals surface area contributed by atoms with Gasteiger partial charge in [-0.1, -0.05) is 17.7 Å². The molecule has 4 N–H and O–H groups in total. The number of nitrogen functional groups attached to an aromatic ring is 1. The summed E-state index contributed by atoms with van der Waals surface area (Å²) < 4.78 is 15.2. The van der Waals surface area contributed by atoms with Crippen LogP contribution in [0.1, 0.15) is 41.4 Å². The van der Waals surface area contributed by atoms with Gasteiger partial charge in [0.2, 0.25) is 0 Å². The van der Waals surface area contributed by atoms with Gasteiger partial charge < -0.3 is 20.9 Å². The molecular formula is C24H22ClFN6O2. The molecule has 2 amide bonds. The van der Waals surface area contributed by atoms with E-state index in [9.17, 15) is 14.0 Å². The van der Waals surface area contributed by atoms with Crippen LogP contribution in [0.25, 0.3) is 11.0 Å². The topological polar surface area (TPSA) is 115 Å². The first kappa shape index (κ1) is 23.2. The number of nitrogens with zero attached hydrogens (tertiary/aromatic N) is 3. The van der Waals surface area contributed by atoms with Crippen LogP contribution < -0.4 is 16.4 Å². The maximum atomic E-state index is 13.6. The summed E-state index contributed by atoms with van der Waals surface area (Å²) in [7, 11) is 0. The largest absolute Gasteiger partial charge is 0.383 e. The number of amides is 2. The number of benzene rings is 2. The third-order valence-corrected chi connectivity index (χ3v) is 5.65. The number of halogens is 2. The van der Waals surface area contributed by atoms with Gasteiger partial charge in [0.1, 0.15) is 23.6 Å². The van der Waals surface area contributed by atoms with E-state index in [2.05, 4.69) is 20.6 Å². The number of hydrogen-bond acceptors (Lipinski definition) is 5. The second-order valence-electron chi connectivity index (χ2n) is 8.07. The van der Waals surface area contributed by atoms with Crippen LogP contribution >= 0.6 is 11.6 Å². The highest BCUT2D eigenvalue weighted by molar-refractivity contribution is 6.31. The van der Waals surface area contributed by atoms with E-state index in [4.69, 9.17) is 17.3 Å². The number of nitrogens with one attached hydrogen (secondary N) is 2. The fraction of sp³-hybridized carbons (Fsp3) is 0.167. The van der Waals surface area contributed by atoms with Gasteiger partial charge in [-0.05, 0) is 56.7 Å². The second-order valence-corrected chi connectivity index (χ2v) is 8.48. The lowest BCUT2D eigenvalue weighted by Gasteiger charge is -2.11. The first-order valence-corrected chi connectivity index (χ1v) is 10.8. The van der Waals surface area contributed by atoms with Crippen molar-refractivity contribution in [2.24, 2.45) is 0 Å². The number of carbonyl (C=O) groups is 2. The van der Waals surface area contributed by atoms with E-state index < -0.39 is 11.8 Å². The first-order valence-electron chi connectivity index (χ1n) is 10.4. The van der Waals surface area contributed by atoms with Crippen LogP contribution in [0.15, 0.2) is 48.9 Å². The lowest BCUT2D eigenvalue weighted by atomic mass is 9.98. The van der Waals surface area contributed by atoms with Crippen molar-refractivity contribution >= 4 is 51.6 Å². The van der Waals surface area contributed by atoms with E-state index in [1.807, 2.05) is 18.4 Å². The molecule has 0 aliphatic carbocycles. The lowest BCUT2D eigenvalue weighted by Crippen LogP contribution is -2.19. The molecule has 10 heteroatoms. The lowest BCUT2D eigenvalue weighted by molar-refractivity contribution is 0.103. The van der Waals surface area contributed by atoms with Gasteiger partial charge in [0.15, 0.2) is 5.78 Å². The molecule has 0 fully saturated rings. The summed E-state index contributed by atoms with van der Waals surface area (Å²) in [6, 6.07) is 8.34. The summed E-state index contributed by atoms with van der Waals surface area (Å²) >= 11 is 5.76. The quantitative estimate of drug-likeness (QED) is 0.323. The number of aromatic nitrogens is 3. The minimum atomic E-state index is -0.584. The third-order valence-electron chi connectivity index (χ3n) is 5.36. The molecule has 2 heterocycles. The van der Waals surface area contributed by atoms with Crippen LogP contribution in [0.2, 0.25) is 5.02 Å². The zero-order valence-electron chi connectivity index (χ0n) is 18.7. The summed E-state index contributed by atoms with van der Waals surface area (Å²) in [5.74, 6) is -0.631. The molecular weight excluding hydrogens is 459 g/mol. The SMILES string of the molecule is Cc1ccc(NC(=O)Nc2ccc(F)c(Cl)c2)cc1C(=O)c1cn(C(C)C)c2ncnc(N)c12. The fourth-order valence-electron chi connectivity index (χ4n) is 3.63. The molecule has 0 aliphatic rings. The Morgan fingerprint density at radius 2 is 1.74 bits per heavy atom. The van der Waals surface area contributed by atoms with E-state index in [0.717, 1.165) is 11.6 Å². The molecule has 34 heavy (non-hydrogen) atoms. The minimum Gasteiger partial charge on any atom is -0.383 e. The van der Waals surface area contributed by atoms with Gasteiger partial charge in [-0.15, -0.1) is 0 Å². The molecule has 0 unspecified atom stereocenters. The number of carbonyl (C=O) groups excluding carboxylic acids is 2. The maximum absolute atomic E-state index is 13.6. The predicted molar refractivity (Wildman–Crippen MR) is 131 cm³/mol. The van der Waals surface area contributed by atoms with Gasteiger partial charge >= 0.3 is 6.03 Å². The molecule has 174 valence electrons. The Hall–Kier alpha value is -3.98. The van der Waals surface area contributed by atoms with Crippen molar-refractivity contribution in [1.29, 1.82) is 0 Å². The maximum Gasteiger partial charge on any atom is 0.323 e. The monoisotopic (exact) mass is 480 g/mol. The van der Waals surface area contributed by atoms with Crippen LogP contribution in [0.3, 0.4) is 0 Å². The van der Waals surface area contributed by atoms with Gasteiger partial charge in [-0.2, -0.15) is 0 Å². The summed E-state index contributed by atoms with van der Waals surface area (Å²) in [4.78, 5) is 34.4. The second kappa shape index (κ2) is 9.11. The average Bonchev–Trinajstić information content (AvgIpc) is 3.18. The van der Waals surface area contributed by atoms with Crippen molar-refractivity contribution in [1.82, 2.24) is 14.5 Å². The summed E-state index contributed by atoms with van der Waals surface area (Å²) in [6.07, 6.45) is 3.10. The number of ketones is 1. The van der Waals surface area contributed by atoms with Crippen molar-refractivity contribution in [2.45, 2.75) is 26.8 Å². The van der Waals surface area contributed by atoms with Gasteiger partial charge in [0.05, 0.1) is 16.0 Å². The van der Waals surface area contributed by atoms with Crippen LogP contribution in [-0.4, -0.2) is 26.3 Å². The minimum absolute atomic E-state index is 0.0520. The van der Waals surface area contributed by atoms with Gasteiger partial charge in [-0.25, -0.2) is 19.2 Å². The zero-order valence-corrected chi connectivity index (χ0v) is 19.4. The molecule has 0 atom stereocenters. The highest BCUT2D eigenvalue weighted by atomic mass is 35.5. The molecule has 0 saturated carbocycles. The molecule has 8 nitrogen and oxygen atoms in total. The van der Waals surface area contributed by atoms with Crippen LogP contribution in [0, 0.1) is 12.7 Å². The van der Waals surface area contributed by atoms with E-state index >= 15 is 0 Å².